The number of esters is 1. The van der Waals surface area contributed by atoms with Gasteiger partial charge >= 0.3 is 5.97 Å². The molecule has 0 bridgehead atoms. The molecule has 0 aromatic heterocycles. The van der Waals surface area contributed by atoms with Gasteiger partial charge in [0.1, 0.15) is 0 Å². The SMILES string of the molecule is CCCCCCCCCCCCCCCCOC(=O)C(C)CCCCCCCCCCC. The van der Waals surface area contributed by atoms with E-state index in [0.29, 0.717) is 6.61 Å². The highest BCUT2D eigenvalue weighted by Crippen LogP contribution is 2.16. The molecule has 192 valence electrons. The number of unbranched alkanes of at least 4 members (excludes halogenated alkanes) is 21. The van der Waals surface area contributed by atoms with E-state index >= 15 is 0 Å². The van der Waals surface area contributed by atoms with Crippen LogP contribution in [-0.4, -0.2) is 12.6 Å². The number of rotatable bonds is 26. The number of ether oxygens (including phenoxy) is 1. The van der Waals surface area contributed by atoms with E-state index in [0.717, 1.165) is 12.8 Å². The van der Waals surface area contributed by atoms with Crippen LogP contribution in [-0.2, 0) is 9.53 Å². The second-order valence-corrected chi connectivity index (χ2v) is 10.3. The molecule has 0 heterocycles. The monoisotopic (exact) mass is 452 g/mol. The third kappa shape index (κ3) is 24.1. The Morgan fingerprint density at radius 2 is 0.812 bits per heavy atom. The lowest BCUT2D eigenvalue weighted by Crippen LogP contribution is -2.15. The van der Waals surface area contributed by atoms with Crippen molar-refractivity contribution in [2.75, 3.05) is 6.61 Å². The lowest BCUT2D eigenvalue weighted by molar-refractivity contribution is -0.148. The molecule has 0 aromatic carbocycles. The Kier molecular flexibility index (Phi) is 26.3. The van der Waals surface area contributed by atoms with Crippen molar-refractivity contribution in [2.24, 2.45) is 5.92 Å². The normalized spacial score (nSPS) is 12.2. The Morgan fingerprint density at radius 3 is 1.19 bits per heavy atom. The van der Waals surface area contributed by atoms with Crippen LogP contribution in [0.4, 0.5) is 0 Å². The van der Waals surface area contributed by atoms with Crippen LogP contribution < -0.4 is 0 Å². The average molecular weight is 453 g/mol. The van der Waals surface area contributed by atoms with Gasteiger partial charge in [-0.2, -0.15) is 0 Å². The summed E-state index contributed by atoms with van der Waals surface area (Å²) >= 11 is 0. The zero-order valence-electron chi connectivity index (χ0n) is 22.6. The van der Waals surface area contributed by atoms with E-state index < -0.39 is 0 Å². The Balaban J connectivity index is 3.28. The molecular formula is C30H60O2. The van der Waals surface area contributed by atoms with E-state index in [1.54, 1.807) is 0 Å². The van der Waals surface area contributed by atoms with E-state index in [1.807, 2.05) is 6.92 Å². The van der Waals surface area contributed by atoms with Gasteiger partial charge in [0.15, 0.2) is 0 Å². The van der Waals surface area contributed by atoms with Gasteiger partial charge in [-0.3, -0.25) is 4.79 Å². The molecule has 0 N–H and O–H groups in total. The first-order chi connectivity index (χ1) is 15.7. The summed E-state index contributed by atoms with van der Waals surface area (Å²) in [5.41, 5.74) is 0. The minimum absolute atomic E-state index is 0.0271. The maximum absolute atomic E-state index is 12.1. The number of carbonyl (C=O) groups excluding carboxylic acids is 1. The molecule has 0 aliphatic heterocycles. The second kappa shape index (κ2) is 26.7. The van der Waals surface area contributed by atoms with Crippen LogP contribution in [0.1, 0.15) is 175 Å². The minimum Gasteiger partial charge on any atom is -0.465 e. The second-order valence-electron chi connectivity index (χ2n) is 10.3. The van der Waals surface area contributed by atoms with Gasteiger partial charge in [0, 0.05) is 0 Å². The largest absolute Gasteiger partial charge is 0.465 e. The van der Waals surface area contributed by atoms with Gasteiger partial charge in [-0.1, -0.05) is 162 Å². The highest BCUT2D eigenvalue weighted by atomic mass is 16.5. The van der Waals surface area contributed by atoms with Gasteiger partial charge in [0.25, 0.3) is 0 Å². The number of carbonyl (C=O) groups is 1. The number of hydrogen-bond acceptors (Lipinski definition) is 2. The molecule has 0 aliphatic rings. The van der Waals surface area contributed by atoms with Crippen LogP contribution in [0.25, 0.3) is 0 Å². The van der Waals surface area contributed by atoms with E-state index in [4.69, 9.17) is 4.74 Å². The van der Waals surface area contributed by atoms with Crippen molar-refractivity contribution in [3.8, 4) is 0 Å². The highest BCUT2D eigenvalue weighted by molar-refractivity contribution is 5.71. The molecule has 1 unspecified atom stereocenters. The summed E-state index contributed by atoms with van der Waals surface area (Å²) in [6, 6.07) is 0. The van der Waals surface area contributed by atoms with Crippen molar-refractivity contribution >= 4 is 5.97 Å². The fourth-order valence-electron chi connectivity index (χ4n) is 4.49. The van der Waals surface area contributed by atoms with Gasteiger partial charge in [-0.25, -0.2) is 0 Å². The lowest BCUT2D eigenvalue weighted by Gasteiger charge is -2.11. The highest BCUT2D eigenvalue weighted by Gasteiger charge is 2.13. The topological polar surface area (TPSA) is 26.3 Å². The predicted molar refractivity (Wildman–Crippen MR) is 142 cm³/mol. The van der Waals surface area contributed by atoms with Gasteiger partial charge < -0.3 is 4.74 Å². The van der Waals surface area contributed by atoms with Crippen LogP contribution in [0.3, 0.4) is 0 Å². The molecular weight excluding hydrogens is 392 g/mol. The van der Waals surface area contributed by atoms with Gasteiger partial charge in [0.05, 0.1) is 12.5 Å². The van der Waals surface area contributed by atoms with Gasteiger partial charge in [0.2, 0.25) is 0 Å². The predicted octanol–water partition coefficient (Wildman–Crippen LogP) is 10.6. The third-order valence-corrected chi connectivity index (χ3v) is 6.89. The summed E-state index contributed by atoms with van der Waals surface area (Å²) in [4.78, 5) is 12.1. The molecule has 2 nitrogen and oxygen atoms in total. The molecule has 0 fully saturated rings. The lowest BCUT2D eigenvalue weighted by atomic mass is 10.0. The van der Waals surface area contributed by atoms with Crippen molar-refractivity contribution < 1.29 is 9.53 Å². The molecule has 0 spiro atoms. The van der Waals surface area contributed by atoms with Crippen LogP contribution in [0.2, 0.25) is 0 Å². The van der Waals surface area contributed by atoms with Crippen molar-refractivity contribution in [1.82, 2.24) is 0 Å². The van der Waals surface area contributed by atoms with Crippen LogP contribution in [0.15, 0.2) is 0 Å². The summed E-state index contributed by atoms with van der Waals surface area (Å²) in [5, 5.41) is 0. The van der Waals surface area contributed by atoms with Crippen LogP contribution in [0.5, 0.6) is 0 Å². The molecule has 0 rings (SSSR count). The fourth-order valence-corrected chi connectivity index (χ4v) is 4.49. The first-order valence-electron chi connectivity index (χ1n) is 14.9. The minimum atomic E-state index is 0.0271. The van der Waals surface area contributed by atoms with E-state index in [1.165, 1.54) is 141 Å². The Bertz CT molecular complexity index is 366. The maximum Gasteiger partial charge on any atom is 0.308 e. The summed E-state index contributed by atoms with van der Waals surface area (Å²) in [6.45, 7) is 7.22. The van der Waals surface area contributed by atoms with Crippen molar-refractivity contribution in [2.45, 2.75) is 175 Å². The zero-order chi connectivity index (χ0) is 23.5. The molecule has 0 amide bonds. The Hall–Kier alpha value is -0.530. The molecule has 2 heteroatoms. The third-order valence-electron chi connectivity index (χ3n) is 6.89. The maximum atomic E-state index is 12.1. The summed E-state index contributed by atoms with van der Waals surface area (Å²) < 4.78 is 5.51. The van der Waals surface area contributed by atoms with Crippen molar-refractivity contribution in [3.63, 3.8) is 0 Å². The summed E-state index contributed by atoms with van der Waals surface area (Å²) in [7, 11) is 0. The van der Waals surface area contributed by atoms with Crippen LogP contribution in [0, 0.1) is 5.92 Å². The fraction of sp³-hybridized carbons (Fsp3) is 0.967. The molecule has 0 saturated carbocycles. The first kappa shape index (κ1) is 31.5. The quantitative estimate of drug-likeness (QED) is 0.0963. The van der Waals surface area contributed by atoms with Crippen LogP contribution >= 0.6 is 0 Å². The average Bonchev–Trinajstić information content (AvgIpc) is 2.80. The number of hydrogen-bond donors (Lipinski definition) is 0. The van der Waals surface area contributed by atoms with E-state index in [-0.39, 0.29) is 11.9 Å². The molecule has 0 saturated heterocycles. The standard InChI is InChI=1S/C30H60O2/c1-4-6-8-10-12-14-15-16-17-18-20-22-24-26-28-32-30(31)29(3)27-25-23-21-19-13-11-9-7-5-2/h29H,4-28H2,1-3H3. The van der Waals surface area contributed by atoms with Gasteiger partial charge in [-0.05, 0) is 12.8 Å². The van der Waals surface area contributed by atoms with Gasteiger partial charge in [-0.15, -0.1) is 0 Å². The van der Waals surface area contributed by atoms with Crippen molar-refractivity contribution in [3.05, 3.63) is 0 Å². The molecule has 32 heavy (non-hydrogen) atoms. The summed E-state index contributed by atoms with van der Waals surface area (Å²) in [5.74, 6) is 0.102. The Labute approximate surface area is 203 Å². The molecule has 0 aliphatic carbocycles. The van der Waals surface area contributed by atoms with E-state index in [9.17, 15) is 4.79 Å². The first-order valence-corrected chi connectivity index (χ1v) is 14.9. The molecule has 0 radical (unpaired) electrons. The van der Waals surface area contributed by atoms with Crippen molar-refractivity contribution in [1.29, 1.82) is 0 Å². The zero-order valence-corrected chi connectivity index (χ0v) is 22.6. The smallest absolute Gasteiger partial charge is 0.308 e. The Morgan fingerprint density at radius 1 is 0.500 bits per heavy atom. The van der Waals surface area contributed by atoms with E-state index in [2.05, 4.69) is 13.8 Å². The summed E-state index contributed by atoms with van der Waals surface area (Å²) in [6.07, 6.45) is 32.1. The molecule has 0 aromatic rings. The molecule has 1 atom stereocenters.